The third-order valence-electron chi connectivity index (χ3n) is 4.40. The maximum absolute atomic E-state index is 13.2. The van der Waals surface area contributed by atoms with Crippen molar-refractivity contribution < 1.29 is 14.7 Å². The molecule has 0 fully saturated rings. The monoisotopic (exact) mass is 425 g/mol. The minimum atomic E-state index is -1.16. The van der Waals surface area contributed by atoms with Gasteiger partial charge in [0.05, 0.1) is 0 Å². The van der Waals surface area contributed by atoms with E-state index in [1.807, 2.05) is 30.3 Å². The normalized spacial score (nSPS) is 12.2. The standard InChI is InChI=1S/C21H23N5O3S/c1-21(2,3)26(20(28)29)16(13-14-7-5-4-6-8-14)17(27)23-19-25-24-18(30-19)15-9-11-22-12-10-15/h4-12,16H,13H2,1-3H3,(H,28,29)(H,23,25,27)/t16-/m0/s1. The summed E-state index contributed by atoms with van der Waals surface area (Å²) in [6.07, 6.45) is 2.39. The number of nitrogens with one attached hydrogen (secondary N) is 1. The molecule has 3 aromatic rings. The second kappa shape index (κ2) is 9.00. The average molecular weight is 426 g/mol. The van der Waals surface area contributed by atoms with Crippen molar-refractivity contribution in [3.8, 4) is 10.6 Å². The van der Waals surface area contributed by atoms with Crippen molar-refractivity contribution in [1.29, 1.82) is 0 Å². The van der Waals surface area contributed by atoms with Crippen molar-refractivity contribution in [3.63, 3.8) is 0 Å². The molecule has 8 nitrogen and oxygen atoms in total. The summed E-state index contributed by atoms with van der Waals surface area (Å²) in [6, 6.07) is 12.0. The molecule has 0 bridgehead atoms. The highest BCUT2D eigenvalue weighted by atomic mass is 32.1. The van der Waals surface area contributed by atoms with Crippen molar-refractivity contribution in [3.05, 3.63) is 60.4 Å². The Morgan fingerprint density at radius 1 is 1.10 bits per heavy atom. The minimum Gasteiger partial charge on any atom is -0.465 e. The van der Waals surface area contributed by atoms with Gasteiger partial charge in [-0.05, 0) is 38.5 Å². The fourth-order valence-electron chi connectivity index (χ4n) is 3.10. The molecule has 0 saturated heterocycles. The third-order valence-corrected chi connectivity index (χ3v) is 5.29. The maximum Gasteiger partial charge on any atom is 0.408 e. The van der Waals surface area contributed by atoms with Crippen LogP contribution in [0.1, 0.15) is 26.3 Å². The Morgan fingerprint density at radius 2 is 1.77 bits per heavy atom. The van der Waals surface area contributed by atoms with Crippen LogP contribution in [0.25, 0.3) is 10.6 Å². The molecule has 2 aromatic heterocycles. The first-order valence-electron chi connectivity index (χ1n) is 9.36. The van der Waals surface area contributed by atoms with Gasteiger partial charge in [-0.2, -0.15) is 0 Å². The molecule has 0 spiro atoms. The second-order valence-corrected chi connectivity index (χ2v) is 8.64. The Labute approximate surface area is 178 Å². The summed E-state index contributed by atoms with van der Waals surface area (Å²) >= 11 is 1.22. The number of hydrogen-bond acceptors (Lipinski definition) is 6. The zero-order valence-corrected chi connectivity index (χ0v) is 17.8. The summed E-state index contributed by atoms with van der Waals surface area (Å²) in [6.45, 7) is 5.29. The molecule has 0 radical (unpaired) electrons. The van der Waals surface area contributed by atoms with E-state index in [-0.39, 0.29) is 6.42 Å². The van der Waals surface area contributed by atoms with Crippen molar-refractivity contribution in [2.45, 2.75) is 38.8 Å². The van der Waals surface area contributed by atoms with E-state index in [9.17, 15) is 14.7 Å². The smallest absolute Gasteiger partial charge is 0.408 e. The number of carbonyl (C=O) groups excluding carboxylic acids is 1. The zero-order valence-electron chi connectivity index (χ0n) is 16.9. The number of rotatable bonds is 6. The van der Waals surface area contributed by atoms with E-state index >= 15 is 0 Å². The topological polar surface area (TPSA) is 108 Å². The minimum absolute atomic E-state index is 0.242. The van der Waals surface area contributed by atoms with Gasteiger partial charge in [0, 0.05) is 29.9 Å². The summed E-state index contributed by atoms with van der Waals surface area (Å²) < 4.78 is 0. The molecule has 9 heteroatoms. The van der Waals surface area contributed by atoms with E-state index in [0.29, 0.717) is 10.1 Å². The lowest BCUT2D eigenvalue weighted by Crippen LogP contribution is -2.56. The molecule has 0 unspecified atom stereocenters. The summed E-state index contributed by atoms with van der Waals surface area (Å²) in [7, 11) is 0. The fraction of sp³-hybridized carbons (Fsp3) is 0.286. The van der Waals surface area contributed by atoms with Crippen LogP contribution >= 0.6 is 11.3 Å². The number of carboxylic acid groups (broad SMARTS) is 1. The van der Waals surface area contributed by atoms with Crippen LogP contribution in [-0.2, 0) is 11.2 Å². The highest BCUT2D eigenvalue weighted by Crippen LogP contribution is 2.27. The summed E-state index contributed by atoms with van der Waals surface area (Å²) in [5.74, 6) is -0.450. The molecule has 1 atom stereocenters. The first kappa shape index (κ1) is 21.4. The first-order chi connectivity index (χ1) is 14.3. The van der Waals surface area contributed by atoms with Crippen LogP contribution in [-0.4, -0.2) is 48.8 Å². The van der Waals surface area contributed by atoms with Crippen molar-refractivity contribution in [2.24, 2.45) is 0 Å². The Morgan fingerprint density at radius 3 is 2.37 bits per heavy atom. The highest BCUT2D eigenvalue weighted by Gasteiger charge is 2.37. The lowest BCUT2D eigenvalue weighted by molar-refractivity contribution is -0.122. The van der Waals surface area contributed by atoms with Crippen molar-refractivity contribution in [2.75, 3.05) is 5.32 Å². The molecule has 2 heterocycles. The second-order valence-electron chi connectivity index (χ2n) is 7.67. The van der Waals surface area contributed by atoms with Crippen LogP contribution in [0.15, 0.2) is 54.9 Å². The summed E-state index contributed by atoms with van der Waals surface area (Å²) in [5, 5.41) is 21.7. The third kappa shape index (κ3) is 5.18. The molecule has 30 heavy (non-hydrogen) atoms. The van der Waals surface area contributed by atoms with E-state index in [1.165, 1.54) is 16.2 Å². The lowest BCUT2D eigenvalue weighted by Gasteiger charge is -2.38. The molecule has 0 aliphatic heterocycles. The fourth-order valence-corrected chi connectivity index (χ4v) is 3.85. The Balaban J connectivity index is 1.86. The summed E-state index contributed by atoms with van der Waals surface area (Å²) in [4.78, 5) is 30.4. The number of carbonyl (C=O) groups is 2. The van der Waals surface area contributed by atoms with Crippen molar-refractivity contribution in [1.82, 2.24) is 20.1 Å². The Kier molecular flexibility index (Phi) is 6.41. The number of aromatic nitrogens is 3. The summed E-state index contributed by atoms with van der Waals surface area (Å²) in [5.41, 5.74) is 0.931. The molecule has 2 N–H and O–H groups in total. The lowest BCUT2D eigenvalue weighted by atomic mass is 9.98. The molecule has 2 amide bonds. The molecule has 3 rings (SSSR count). The van der Waals surface area contributed by atoms with Gasteiger partial charge in [-0.3, -0.25) is 20.0 Å². The van der Waals surface area contributed by atoms with Gasteiger partial charge in [-0.25, -0.2) is 4.79 Å². The zero-order chi connectivity index (χ0) is 21.7. The number of pyridine rings is 1. The van der Waals surface area contributed by atoms with E-state index in [0.717, 1.165) is 11.1 Å². The number of anilines is 1. The highest BCUT2D eigenvalue weighted by molar-refractivity contribution is 7.18. The van der Waals surface area contributed by atoms with Crippen molar-refractivity contribution >= 4 is 28.5 Å². The van der Waals surface area contributed by atoms with Gasteiger partial charge in [0.1, 0.15) is 11.0 Å². The number of benzene rings is 1. The number of hydrogen-bond donors (Lipinski definition) is 2. The molecule has 0 saturated carbocycles. The molecule has 1 aromatic carbocycles. The Bertz CT molecular complexity index is 1000. The van der Waals surface area contributed by atoms with Gasteiger partial charge in [-0.15, -0.1) is 10.2 Å². The van der Waals surface area contributed by atoms with E-state index in [4.69, 9.17) is 0 Å². The van der Waals surface area contributed by atoms with E-state index < -0.39 is 23.6 Å². The van der Waals surface area contributed by atoms with Crippen LogP contribution < -0.4 is 5.32 Å². The van der Waals surface area contributed by atoms with Gasteiger partial charge >= 0.3 is 6.09 Å². The van der Waals surface area contributed by atoms with Crippen LogP contribution in [0.2, 0.25) is 0 Å². The van der Waals surface area contributed by atoms with Gasteiger partial charge in [0.25, 0.3) is 0 Å². The van der Waals surface area contributed by atoms with Crippen LogP contribution in [0, 0.1) is 0 Å². The Hall–Kier alpha value is -3.33. The van der Waals surface area contributed by atoms with E-state index in [1.54, 1.807) is 45.3 Å². The SMILES string of the molecule is CC(C)(C)N(C(=O)O)[C@@H](Cc1ccccc1)C(=O)Nc1nnc(-c2ccncc2)s1. The van der Waals surface area contributed by atoms with Crippen LogP contribution in [0.5, 0.6) is 0 Å². The quantitative estimate of drug-likeness (QED) is 0.619. The van der Waals surface area contributed by atoms with Crippen LogP contribution in [0.4, 0.5) is 9.93 Å². The van der Waals surface area contributed by atoms with Crippen LogP contribution in [0.3, 0.4) is 0 Å². The van der Waals surface area contributed by atoms with E-state index in [2.05, 4.69) is 20.5 Å². The molecule has 156 valence electrons. The van der Waals surface area contributed by atoms with Gasteiger partial charge in [-0.1, -0.05) is 41.7 Å². The maximum atomic E-state index is 13.2. The van der Waals surface area contributed by atoms with Gasteiger partial charge in [0.2, 0.25) is 11.0 Å². The molecular weight excluding hydrogens is 402 g/mol. The molecular formula is C21H23N5O3S. The largest absolute Gasteiger partial charge is 0.465 e. The van der Waals surface area contributed by atoms with Gasteiger partial charge in [0.15, 0.2) is 0 Å². The number of amides is 2. The number of nitrogens with zero attached hydrogens (tertiary/aromatic N) is 4. The average Bonchev–Trinajstić information content (AvgIpc) is 3.16. The predicted octanol–water partition coefficient (Wildman–Crippen LogP) is 3.93. The predicted molar refractivity (Wildman–Crippen MR) is 115 cm³/mol. The molecule has 0 aliphatic carbocycles. The molecule has 0 aliphatic rings. The van der Waals surface area contributed by atoms with Gasteiger partial charge < -0.3 is 5.11 Å². The first-order valence-corrected chi connectivity index (χ1v) is 10.2.